The van der Waals surface area contributed by atoms with Crippen molar-refractivity contribution in [1.82, 2.24) is 5.48 Å². The number of hydroxylamine groups is 1. The molecule has 1 aliphatic rings. The quantitative estimate of drug-likeness (QED) is 0.403. The molecule has 0 bridgehead atoms. The predicted molar refractivity (Wildman–Crippen MR) is 34.7 cm³/mol. The van der Waals surface area contributed by atoms with Crippen LogP contribution >= 0.6 is 0 Å². The van der Waals surface area contributed by atoms with Crippen molar-refractivity contribution in [3.8, 4) is 0 Å². The minimum absolute atomic E-state index is 0.0116. The van der Waals surface area contributed by atoms with Crippen molar-refractivity contribution in [2.75, 3.05) is 6.54 Å². The highest BCUT2D eigenvalue weighted by Crippen LogP contribution is 1.99. The number of hydrogen-bond donors (Lipinski definition) is 3. The zero-order chi connectivity index (χ0) is 6.69. The van der Waals surface area contributed by atoms with Gasteiger partial charge in [-0.3, -0.25) is 4.99 Å². The van der Waals surface area contributed by atoms with Crippen molar-refractivity contribution in [2.24, 2.45) is 10.7 Å². The molecule has 0 spiro atoms. The summed E-state index contributed by atoms with van der Waals surface area (Å²) in [5, 5.41) is 8.47. The predicted octanol–water partition coefficient (Wildman–Crippen LogP) is -0.864. The van der Waals surface area contributed by atoms with Crippen LogP contribution < -0.4 is 11.2 Å². The van der Waals surface area contributed by atoms with E-state index < -0.39 is 0 Å². The van der Waals surface area contributed by atoms with Gasteiger partial charge in [0.2, 0.25) is 0 Å². The largest absolute Gasteiger partial charge is 0.322 e. The van der Waals surface area contributed by atoms with Gasteiger partial charge in [0.05, 0.1) is 12.1 Å². The van der Waals surface area contributed by atoms with Crippen molar-refractivity contribution in [3.63, 3.8) is 0 Å². The first-order valence-corrected chi connectivity index (χ1v) is 2.99. The molecular weight excluding hydrogens is 118 g/mol. The molecule has 0 saturated carbocycles. The summed E-state index contributed by atoms with van der Waals surface area (Å²) in [6.45, 7) is 0.756. The normalized spacial score (nSPS) is 34.9. The molecule has 4 heteroatoms. The van der Waals surface area contributed by atoms with Gasteiger partial charge in [0, 0.05) is 12.8 Å². The minimum Gasteiger partial charge on any atom is -0.322 e. The van der Waals surface area contributed by atoms with Crippen molar-refractivity contribution >= 4 is 6.21 Å². The van der Waals surface area contributed by atoms with Crippen LogP contribution in [0.3, 0.4) is 0 Å². The van der Waals surface area contributed by atoms with Gasteiger partial charge in [0.15, 0.2) is 0 Å². The van der Waals surface area contributed by atoms with E-state index in [0.29, 0.717) is 0 Å². The zero-order valence-electron chi connectivity index (χ0n) is 5.12. The summed E-state index contributed by atoms with van der Waals surface area (Å²) in [4.78, 5) is 3.96. The Hall–Kier alpha value is -0.450. The molecule has 0 aromatic carbocycles. The van der Waals surface area contributed by atoms with Gasteiger partial charge < -0.3 is 10.9 Å². The van der Waals surface area contributed by atoms with Crippen LogP contribution in [-0.4, -0.2) is 30.1 Å². The highest BCUT2D eigenvalue weighted by molar-refractivity contribution is 5.66. The van der Waals surface area contributed by atoms with Crippen LogP contribution in [0.4, 0.5) is 0 Å². The highest BCUT2D eigenvalue weighted by Gasteiger charge is 2.16. The lowest BCUT2D eigenvalue weighted by atomic mass is 10.1. The smallest absolute Gasteiger partial charge is 0.0574 e. The second-order valence-electron chi connectivity index (χ2n) is 2.16. The van der Waals surface area contributed by atoms with Gasteiger partial charge in [-0.25, -0.2) is 5.48 Å². The fraction of sp³-hybridized carbons (Fsp3) is 0.800. The summed E-state index contributed by atoms with van der Waals surface area (Å²) in [5.74, 6) is 0. The van der Waals surface area contributed by atoms with E-state index in [9.17, 15) is 0 Å². The third-order valence-electron chi connectivity index (χ3n) is 1.48. The Labute approximate surface area is 53.7 Å². The second-order valence-corrected chi connectivity index (χ2v) is 2.16. The molecule has 1 aliphatic heterocycles. The Morgan fingerprint density at radius 2 is 2.56 bits per heavy atom. The highest BCUT2D eigenvalue weighted by atomic mass is 16.5. The van der Waals surface area contributed by atoms with Crippen LogP contribution in [-0.2, 0) is 0 Å². The molecule has 52 valence electrons. The molecule has 0 aliphatic carbocycles. The maximum atomic E-state index is 8.47. The Morgan fingerprint density at radius 1 is 1.78 bits per heavy atom. The Balaban J connectivity index is 2.44. The van der Waals surface area contributed by atoms with Crippen LogP contribution in [0.25, 0.3) is 0 Å². The third-order valence-corrected chi connectivity index (χ3v) is 1.48. The molecular formula is C5H11N3O. The molecule has 0 amide bonds. The van der Waals surface area contributed by atoms with Crippen LogP contribution in [0.5, 0.6) is 0 Å². The Bertz CT molecular complexity index is 115. The van der Waals surface area contributed by atoms with E-state index in [1.54, 1.807) is 6.21 Å². The van der Waals surface area contributed by atoms with Crippen molar-refractivity contribution < 1.29 is 5.21 Å². The van der Waals surface area contributed by atoms with Gasteiger partial charge in [0.1, 0.15) is 0 Å². The first-order chi connectivity index (χ1) is 4.34. The Morgan fingerprint density at radius 3 is 3.00 bits per heavy atom. The topological polar surface area (TPSA) is 70.6 Å². The fourth-order valence-corrected chi connectivity index (χ4v) is 0.857. The average molecular weight is 129 g/mol. The van der Waals surface area contributed by atoms with Gasteiger partial charge in [-0.15, -0.1) is 0 Å². The number of aliphatic imine (C=N–C) groups is 1. The minimum atomic E-state index is -0.135. The molecule has 0 saturated heterocycles. The lowest BCUT2D eigenvalue weighted by molar-refractivity contribution is 0.118. The molecule has 0 radical (unpaired) electrons. The molecule has 4 nitrogen and oxygen atoms in total. The SMILES string of the molecule is NC1C=NCCC1NO. The molecule has 4 N–H and O–H groups in total. The summed E-state index contributed by atoms with van der Waals surface area (Å²) in [6.07, 6.45) is 2.48. The Kier molecular flexibility index (Phi) is 2.16. The van der Waals surface area contributed by atoms with Crippen LogP contribution in [0.2, 0.25) is 0 Å². The molecule has 0 aromatic rings. The summed E-state index contributed by atoms with van der Waals surface area (Å²) >= 11 is 0. The van der Waals surface area contributed by atoms with E-state index >= 15 is 0 Å². The van der Waals surface area contributed by atoms with Crippen molar-refractivity contribution in [2.45, 2.75) is 18.5 Å². The first kappa shape index (κ1) is 6.67. The lowest BCUT2D eigenvalue weighted by Crippen LogP contribution is -2.47. The summed E-state index contributed by atoms with van der Waals surface area (Å²) in [7, 11) is 0. The molecule has 1 heterocycles. The van der Waals surface area contributed by atoms with E-state index in [-0.39, 0.29) is 12.1 Å². The number of nitrogens with one attached hydrogen (secondary N) is 1. The van der Waals surface area contributed by atoms with Gasteiger partial charge in [-0.05, 0) is 6.42 Å². The second kappa shape index (κ2) is 2.91. The van der Waals surface area contributed by atoms with Crippen molar-refractivity contribution in [1.29, 1.82) is 0 Å². The van der Waals surface area contributed by atoms with E-state index in [1.807, 2.05) is 0 Å². The van der Waals surface area contributed by atoms with E-state index in [2.05, 4.69) is 10.5 Å². The molecule has 0 fully saturated rings. The summed E-state index contributed by atoms with van der Waals surface area (Å²) in [5.41, 5.74) is 7.66. The maximum absolute atomic E-state index is 8.47. The zero-order valence-corrected chi connectivity index (χ0v) is 5.12. The monoisotopic (exact) mass is 129 g/mol. The summed E-state index contributed by atoms with van der Waals surface area (Å²) < 4.78 is 0. The lowest BCUT2D eigenvalue weighted by Gasteiger charge is -2.21. The number of nitrogens with zero attached hydrogens (tertiary/aromatic N) is 1. The van der Waals surface area contributed by atoms with Crippen LogP contribution in [0.1, 0.15) is 6.42 Å². The van der Waals surface area contributed by atoms with Crippen molar-refractivity contribution in [3.05, 3.63) is 0 Å². The number of nitrogens with two attached hydrogens (primary N) is 1. The molecule has 2 unspecified atom stereocenters. The van der Waals surface area contributed by atoms with Gasteiger partial charge in [-0.2, -0.15) is 0 Å². The first-order valence-electron chi connectivity index (χ1n) is 2.99. The van der Waals surface area contributed by atoms with Gasteiger partial charge in [-0.1, -0.05) is 0 Å². The molecule has 0 aromatic heterocycles. The number of hydrogen-bond acceptors (Lipinski definition) is 4. The third kappa shape index (κ3) is 1.48. The average Bonchev–Trinajstić information content (AvgIpc) is 1.89. The van der Waals surface area contributed by atoms with Crippen LogP contribution in [0, 0.1) is 0 Å². The molecule has 2 atom stereocenters. The molecule has 9 heavy (non-hydrogen) atoms. The van der Waals surface area contributed by atoms with Crippen LogP contribution in [0.15, 0.2) is 4.99 Å². The van der Waals surface area contributed by atoms with E-state index in [0.717, 1.165) is 13.0 Å². The number of rotatable bonds is 1. The fourth-order valence-electron chi connectivity index (χ4n) is 0.857. The van der Waals surface area contributed by atoms with E-state index in [1.165, 1.54) is 0 Å². The molecule has 1 rings (SSSR count). The van der Waals surface area contributed by atoms with Gasteiger partial charge >= 0.3 is 0 Å². The summed E-state index contributed by atoms with van der Waals surface area (Å²) in [6, 6.07) is -0.147. The van der Waals surface area contributed by atoms with E-state index in [4.69, 9.17) is 10.9 Å². The van der Waals surface area contributed by atoms with Gasteiger partial charge in [0.25, 0.3) is 0 Å². The standard InChI is InChI=1S/C5H11N3O/c6-4-3-7-2-1-5(4)8-9/h3-5,8-9H,1-2,6H2. The maximum Gasteiger partial charge on any atom is 0.0574 e.